The molecule has 9 heteroatoms. The van der Waals surface area contributed by atoms with E-state index in [1.165, 1.54) is 37.8 Å². The molecule has 0 amide bonds. The number of ether oxygens (including phenoxy) is 2. The van der Waals surface area contributed by atoms with Crippen molar-refractivity contribution in [3.8, 4) is 5.75 Å². The molecule has 1 saturated carbocycles. The average Bonchev–Trinajstić information content (AvgIpc) is 3.10. The molecule has 1 aliphatic rings. The molecule has 4 rings (SSSR count). The Morgan fingerprint density at radius 3 is 2.56 bits per heavy atom. The van der Waals surface area contributed by atoms with E-state index in [4.69, 9.17) is 9.72 Å². The highest BCUT2D eigenvalue weighted by atomic mass is 19.4. The van der Waals surface area contributed by atoms with E-state index in [9.17, 15) is 18.0 Å². The normalized spacial score (nSPS) is 19.0. The molecule has 0 saturated heterocycles. The summed E-state index contributed by atoms with van der Waals surface area (Å²) >= 11 is 0. The van der Waals surface area contributed by atoms with Crippen LogP contribution in [0.2, 0.25) is 0 Å². The van der Waals surface area contributed by atoms with Crippen LogP contribution in [-0.4, -0.2) is 29.0 Å². The molecule has 1 aliphatic carbocycles. The number of carbonyl (C=O) groups is 1. The molecular weight excluding hydrogens is 423 g/mol. The standard InChI is InChI=1S/C23H24F3N3O3/c1-14-4-3-5-17(12-14)29-20-13-15(21(30)31-2)6-11-19(20)28-22(29)27-16-7-9-18(10-8-16)32-23(24,25)26/h6-11,13-14,17H,3-5,12H2,1-2H3,(H,27,28). The van der Waals surface area contributed by atoms with Crippen molar-refractivity contribution >= 4 is 28.6 Å². The van der Waals surface area contributed by atoms with Crippen molar-refractivity contribution in [2.75, 3.05) is 12.4 Å². The van der Waals surface area contributed by atoms with E-state index in [-0.39, 0.29) is 11.8 Å². The van der Waals surface area contributed by atoms with Gasteiger partial charge in [0.15, 0.2) is 0 Å². The number of imidazole rings is 1. The second kappa shape index (κ2) is 8.72. The maximum Gasteiger partial charge on any atom is 0.573 e. The number of hydrogen-bond donors (Lipinski definition) is 1. The molecule has 170 valence electrons. The summed E-state index contributed by atoms with van der Waals surface area (Å²) in [4.78, 5) is 16.8. The van der Waals surface area contributed by atoms with Crippen LogP contribution in [0.15, 0.2) is 42.5 Å². The predicted octanol–water partition coefficient (Wildman–Crippen LogP) is 6.22. The quantitative estimate of drug-likeness (QED) is 0.471. The Hall–Kier alpha value is -3.23. The number of aromatic nitrogens is 2. The van der Waals surface area contributed by atoms with Crippen molar-refractivity contribution in [2.24, 2.45) is 5.92 Å². The lowest BCUT2D eigenvalue weighted by molar-refractivity contribution is -0.274. The third-order valence-electron chi connectivity index (χ3n) is 5.73. The minimum Gasteiger partial charge on any atom is -0.465 e. The number of carbonyl (C=O) groups excluding carboxylic acids is 1. The Kier molecular flexibility index (Phi) is 5.99. The second-order valence-electron chi connectivity index (χ2n) is 8.12. The van der Waals surface area contributed by atoms with Gasteiger partial charge in [-0.15, -0.1) is 13.2 Å². The number of nitrogens with zero attached hydrogens (tertiary/aromatic N) is 2. The summed E-state index contributed by atoms with van der Waals surface area (Å²) in [6, 6.07) is 10.9. The summed E-state index contributed by atoms with van der Waals surface area (Å²) in [5, 5.41) is 3.23. The molecule has 3 aromatic rings. The second-order valence-corrected chi connectivity index (χ2v) is 8.12. The van der Waals surface area contributed by atoms with E-state index in [1.54, 1.807) is 18.2 Å². The van der Waals surface area contributed by atoms with Gasteiger partial charge in [0.25, 0.3) is 0 Å². The lowest BCUT2D eigenvalue weighted by Crippen LogP contribution is -2.19. The van der Waals surface area contributed by atoms with Crippen LogP contribution >= 0.6 is 0 Å². The van der Waals surface area contributed by atoms with Crippen LogP contribution in [0.25, 0.3) is 11.0 Å². The number of esters is 1. The molecule has 1 heterocycles. The molecule has 6 nitrogen and oxygen atoms in total. The van der Waals surface area contributed by atoms with Gasteiger partial charge in [-0.25, -0.2) is 9.78 Å². The number of rotatable bonds is 5. The van der Waals surface area contributed by atoms with Gasteiger partial charge in [-0.3, -0.25) is 0 Å². The average molecular weight is 447 g/mol. The summed E-state index contributed by atoms with van der Waals surface area (Å²) < 4.78 is 48.2. The van der Waals surface area contributed by atoms with E-state index in [2.05, 4.69) is 21.5 Å². The summed E-state index contributed by atoms with van der Waals surface area (Å²) in [6.45, 7) is 2.22. The van der Waals surface area contributed by atoms with Gasteiger partial charge >= 0.3 is 12.3 Å². The third-order valence-corrected chi connectivity index (χ3v) is 5.73. The minimum atomic E-state index is -4.74. The first-order chi connectivity index (χ1) is 15.2. The molecule has 1 fully saturated rings. The highest BCUT2D eigenvalue weighted by Crippen LogP contribution is 2.38. The molecule has 2 aromatic carbocycles. The smallest absolute Gasteiger partial charge is 0.465 e. The van der Waals surface area contributed by atoms with E-state index in [1.807, 2.05) is 0 Å². The van der Waals surface area contributed by atoms with Gasteiger partial charge in [-0.05, 0) is 61.2 Å². The first-order valence-electron chi connectivity index (χ1n) is 10.5. The predicted molar refractivity (Wildman–Crippen MR) is 114 cm³/mol. The van der Waals surface area contributed by atoms with Crippen LogP contribution in [-0.2, 0) is 4.74 Å². The Bertz CT molecular complexity index is 1110. The zero-order valence-electron chi connectivity index (χ0n) is 17.8. The lowest BCUT2D eigenvalue weighted by atomic mass is 9.87. The summed E-state index contributed by atoms with van der Waals surface area (Å²) in [7, 11) is 1.34. The Morgan fingerprint density at radius 1 is 1.16 bits per heavy atom. The van der Waals surface area contributed by atoms with E-state index >= 15 is 0 Å². The van der Waals surface area contributed by atoms with Crippen LogP contribution in [0.5, 0.6) is 5.75 Å². The van der Waals surface area contributed by atoms with E-state index in [0.29, 0.717) is 23.1 Å². The highest BCUT2D eigenvalue weighted by molar-refractivity contribution is 5.94. The van der Waals surface area contributed by atoms with Gasteiger partial charge < -0.3 is 19.4 Å². The third kappa shape index (κ3) is 4.81. The Morgan fingerprint density at radius 2 is 1.91 bits per heavy atom. The van der Waals surface area contributed by atoms with Gasteiger partial charge in [0.05, 0.1) is 23.7 Å². The highest BCUT2D eigenvalue weighted by Gasteiger charge is 2.31. The number of alkyl halides is 3. The lowest BCUT2D eigenvalue weighted by Gasteiger charge is -2.29. The fourth-order valence-corrected chi connectivity index (χ4v) is 4.30. The van der Waals surface area contributed by atoms with Crippen molar-refractivity contribution < 1.29 is 27.4 Å². The first kappa shape index (κ1) is 22.0. The molecule has 2 atom stereocenters. The maximum absolute atomic E-state index is 12.4. The largest absolute Gasteiger partial charge is 0.573 e. The Balaban J connectivity index is 1.71. The summed E-state index contributed by atoms with van der Waals surface area (Å²) in [5.74, 6) is 0.416. The molecule has 1 N–H and O–H groups in total. The topological polar surface area (TPSA) is 65.4 Å². The first-order valence-corrected chi connectivity index (χ1v) is 10.5. The van der Waals surface area contributed by atoms with Crippen molar-refractivity contribution in [2.45, 2.75) is 45.0 Å². The van der Waals surface area contributed by atoms with Crippen LogP contribution in [0, 0.1) is 5.92 Å². The zero-order chi connectivity index (χ0) is 22.9. The van der Waals surface area contributed by atoms with Crippen LogP contribution in [0.3, 0.4) is 0 Å². The summed E-state index contributed by atoms with van der Waals surface area (Å²) in [5.41, 5.74) is 2.54. The monoisotopic (exact) mass is 447 g/mol. The van der Waals surface area contributed by atoms with Gasteiger partial charge in [-0.2, -0.15) is 0 Å². The number of nitrogens with one attached hydrogen (secondary N) is 1. The SMILES string of the molecule is COC(=O)c1ccc2nc(Nc3ccc(OC(F)(F)F)cc3)n(C3CCCC(C)C3)c2c1. The number of anilines is 2. The number of fused-ring (bicyclic) bond motifs is 1. The molecule has 0 aliphatic heterocycles. The molecular formula is C23H24F3N3O3. The molecule has 2 unspecified atom stereocenters. The van der Waals surface area contributed by atoms with Gasteiger partial charge in [0, 0.05) is 11.7 Å². The molecule has 32 heavy (non-hydrogen) atoms. The number of methoxy groups -OCH3 is 1. The fraction of sp³-hybridized carbons (Fsp3) is 0.391. The van der Waals surface area contributed by atoms with Crippen molar-refractivity contribution in [3.05, 3.63) is 48.0 Å². The minimum absolute atomic E-state index is 0.187. The molecule has 0 radical (unpaired) electrons. The molecule has 0 bridgehead atoms. The maximum atomic E-state index is 12.4. The van der Waals surface area contributed by atoms with Crippen LogP contribution in [0.1, 0.15) is 49.0 Å². The van der Waals surface area contributed by atoms with Crippen molar-refractivity contribution in [1.29, 1.82) is 0 Å². The number of halogens is 3. The van der Waals surface area contributed by atoms with Gasteiger partial charge in [-0.1, -0.05) is 19.8 Å². The molecule has 1 aromatic heterocycles. The van der Waals surface area contributed by atoms with E-state index < -0.39 is 12.3 Å². The van der Waals surface area contributed by atoms with Crippen LogP contribution < -0.4 is 10.1 Å². The van der Waals surface area contributed by atoms with Crippen molar-refractivity contribution in [3.63, 3.8) is 0 Å². The Labute approximate surface area is 183 Å². The fourth-order valence-electron chi connectivity index (χ4n) is 4.30. The number of benzene rings is 2. The zero-order valence-corrected chi connectivity index (χ0v) is 17.8. The van der Waals surface area contributed by atoms with Crippen LogP contribution in [0.4, 0.5) is 24.8 Å². The number of hydrogen-bond acceptors (Lipinski definition) is 5. The van der Waals surface area contributed by atoms with Crippen molar-refractivity contribution in [1.82, 2.24) is 9.55 Å². The summed E-state index contributed by atoms with van der Waals surface area (Å²) in [6.07, 6.45) is -0.532. The van der Waals surface area contributed by atoms with Gasteiger partial charge in [0.1, 0.15) is 5.75 Å². The van der Waals surface area contributed by atoms with E-state index in [0.717, 1.165) is 30.3 Å². The molecule has 0 spiro atoms. The van der Waals surface area contributed by atoms with Gasteiger partial charge in [0.2, 0.25) is 5.95 Å².